The minimum atomic E-state index is -0.208. The summed E-state index contributed by atoms with van der Waals surface area (Å²) in [6.45, 7) is 9.30. The molecule has 0 aliphatic carbocycles. The van der Waals surface area contributed by atoms with Crippen molar-refractivity contribution in [2.45, 2.75) is 51.3 Å². The average molecular weight is 495 g/mol. The first-order valence-electron chi connectivity index (χ1n) is 11.2. The first kappa shape index (κ1) is 22.7. The summed E-state index contributed by atoms with van der Waals surface area (Å²) >= 11 is 3.26. The summed E-state index contributed by atoms with van der Waals surface area (Å²) in [6.07, 6.45) is -0.208. The van der Waals surface area contributed by atoms with Crippen molar-refractivity contribution in [3.8, 4) is 27.8 Å². The normalized spacial score (nSPS) is 13.3. The minimum Gasteiger partial charge on any atom is -0.483 e. The van der Waals surface area contributed by atoms with Crippen molar-refractivity contribution in [1.82, 2.24) is 19.7 Å². The lowest BCUT2D eigenvalue weighted by Crippen LogP contribution is -2.12. The monoisotopic (exact) mass is 494 g/mol. The van der Waals surface area contributed by atoms with Crippen LogP contribution in [0.2, 0.25) is 0 Å². The number of fused-ring (bicyclic) bond motifs is 1. The van der Waals surface area contributed by atoms with Crippen molar-refractivity contribution in [3.05, 3.63) is 64.4 Å². The van der Waals surface area contributed by atoms with Crippen molar-refractivity contribution >= 4 is 23.1 Å². The van der Waals surface area contributed by atoms with Crippen LogP contribution in [0.3, 0.4) is 0 Å². The van der Waals surface area contributed by atoms with E-state index in [1.807, 2.05) is 37.3 Å². The highest BCUT2D eigenvalue weighted by molar-refractivity contribution is 7.98. The Morgan fingerprint density at radius 3 is 2.68 bits per heavy atom. The van der Waals surface area contributed by atoms with Gasteiger partial charge in [-0.25, -0.2) is 4.98 Å². The molecule has 0 amide bonds. The van der Waals surface area contributed by atoms with E-state index >= 15 is 0 Å². The van der Waals surface area contributed by atoms with Crippen LogP contribution in [0.4, 0.5) is 0 Å². The molecule has 9 heteroatoms. The Balaban J connectivity index is 1.27. The van der Waals surface area contributed by atoms with Crippen LogP contribution in [0.5, 0.6) is 17.2 Å². The average Bonchev–Trinajstić information content (AvgIpc) is 3.55. The smallest absolute Gasteiger partial charge is 0.231 e. The van der Waals surface area contributed by atoms with E-state index in [9.17, 15) is 0 Å². The Bertz CT molecular complexity index is 1300. The van der Waals surface area contributed by atoms with Crippen LogP contribution in [0.1, 0.15) is 42.6 Å². The highest BCUT2D eigenvalue weighted by atomic mass is 32.2. The number of hydrogen-bond donors (Lipinski definition) is 0. The van der Waals surface area contributed by atoms with Crippen LogP contribution in [-0.2, 0) is 12.3 Å². The van der Waals surface area contributed by atoms with E-state index in [4.69, 9.17) is 19.2 Å². The second-order valence-corrected chi connectivity index (χ2v) is 9.97. The highest BCUT2D eigenvalue weighted by Gasteiger charge is 2.20. The molecule has 7 nitrogen and oxygen atoms in total. The molecule has 0 saturated carbocycles. The zero-order valence-electron chi connectivity index (χ0n) is 19.6. The molecule has 0 N–H and O–H groups in total. The van der Waals surface area contributed by atoms with Gasteiger partial charge in [0, 0.05) is 23.2 Å². The maximum absolute atomic E-state index is 6.20. The quantitative estimate of drug-likeness (QED) is 0.270. The summed E-state index contributed by atoms with van der Waals surface area (Å²) in [4.78, 5) is 4.81. The van der Waals surface area contributed by atoms with Gasteiger partial charge in [0.05, 0.1) is 5.69 Å². The Hall–Kier alpha value is -3.04. The van der Waals surface area contributed by atoms with Gasteiger partial charge in [-0.15, -0.1) is 21.5 Å². The summed E-state index contributed by atoms with van der Waals surface area (Å²) < 4.78 is 19.2. The summed E-state index contributed by atoms with van der Waals surface area (Å²) in [6, 6.07) is 12.2. The van der Waals surface area contributed by atoms with E-state index in [0.29, 0.717) is 5.75 Å². The van der Waals surface area contributed by atoms with Crippen LogP contribution >= 0.6 is 23.1 Å². The second kappa shape index (κ2) is 9.68. The third-order valence-corrected chi connectivity index (χ3v) is 7.39. The number of benzene rings is 2. The summed E-state index contributed by atoms with van der Waals surface area (Å²) in [5.74, 6) is 3.93. The summed E-state index contributed by atoms with van der Waals surface area (Å²) in [5.41, 5.74) is 4.40. The maximum atomic E-state index is 6.20. The molecule has 2 aromatic heterocycles. The number of thioether (sulfide) groups is 1. The molecule has 1 aliphatic rings. The molecule has 0 spiro atoms. The zero-order valence-corrected chi connectivity index (χ0v) is 21.2. The van der Waals surface area contributed by atoms with E-state index in [1.165, 1.54) is 11.1 Å². The topological polar surface area (TPSA) is 71.3 Å². The fraction of sp³-hybridized carbons (Fsp3) is 0.320. The Labute approximate surface area is 207 Å². The summed E-state index contributed by atoms with van der Waals surface area (Å²) in [7, 11) is 0. The fourth-order valence-corrected chi connectivity index (χ4v) is 5.76. The Kier molecular flexibility index (Phi) is 6.47. The van der Waals surface area contributed by atoms with Crippen LogP contribution in [0.15, 0.2) is 46.9 Å². The lowest BCUT2D eigenvalue weighted by molar-refractivity contribution is 0.174. The summed E-state index contributed by atoms with van der Waals surface area (Å²) in [5, 5.41) is 12.8. The lowest BCUT2D eigenvalue weighted by Gasteiger charge is -2.16. The van der Waals surface area contributed by atoms with Gasteiger partial charge >= 0.3 is 0 Å². The largest absolute Gasteiger partial charge is 0.483 e. The van der Waals surface area contributed by atoms with E-state index < -0.39 is 0 Å². The molecule has 0 fully saturated rings. The van der Waals surface area contributed by atoms with Gasteiger partial charge in [0.15, 0.2) is 28.6 Å². The molecule has 34 heavy (non-hydrogen) atoms. The number of ether oxygens (including phenoxy) is 3. The van der Waals surface area contributed by atoms with Gasteiger partial charge in [-0.3, -0.25) is 0 Å². The molecular formula is C25H26N4O3S2. The first-order chi connectivity index (χ1) is 16.5. The Morgan fingerprint density at radius 2 is 1.88 bits per heavy atom. The van der Waals surface area contributed by atoms with E-state index in [1.54, 1.807) is 23.1 Å². The molecule has 1 atom stereocenters. The zero-order chi connectivity index (χ0) is 23.7. The third kappa shape index (κ3) is 4.76. The number of hydrogen-bond acceptors (Lipinski definition) is 8. The van der Waals surface area contributed by atoms with E-state index in [0.717, 1.165) is 51.0 Å². The predicted octanol–water partition coefficient (Wildman–Crippen LogP) is 6.20. The molecule has 1 unspecified atom stereocenters. The number of aryl methyl sites for hydroxylation is 2. The highest BCUT2D eigenvalue weighted by Crippen LogP contribution is 2.37. The van der Waals surface area contributed by atoms with Gasteiger partial charge in [0.25, 0.3) is 0 Å². The predicted molar refractivity (Wildman–Crippen MR) is 134 cm³/mol. The molecule has 3 heterocycles. The van der Waals surface area contributed by atoms with Gasteiger partial charge < -0.3 is 18.8 Å². The molecule has 0 bridgehead atoms. The van der Waals surface area contributed by atoms with Gasteiger partial charge in [-0.1, -0.05) is 17.8 Å². The molecule has 2 aromatic carbocycles. The molecule has 176 valence electrons. The van der Waals surface area contributed by atoms with Crippen LogP contribution < -0.4 is 14.2 Å². The van der Waals surface area contributed by atoms with E-state index in [-0.39, 0.29) is 12.9 Å². The third-order valence-electron chi connectivity index (χ3n) is 5.45. The maximum Gasteiger partial charge on any atom is 0.231 e. The van der Waals surface area contributed by atoms with Crippen LogP contribution in [0, 0.1) is 13.8 Å². The number of rotatable bonds is 8. The molecule has 5 rings (SSSR count). The number of aromatic nitrogens is 4. The number of thiazole rings is 1. The Morgan fingerprint density at radius 1 is 1.09 bits per heavy atom. The minimum absolute atomic E-state index is 0.208. The van der Waals surface area contributed by atoms with Crippen molar-refractivity contribution in [1.29, 1.82) is 0 Å². The molecule has 1 aliphatic heterocycles. The van der Waals surface area contributed by atoms with Crippen LogP contribution in [-0.4, -0.2) is 26.5 Å². The van der Waals surface area contributed by atoms with Crippen molar-refractivity contribution in [2.24, 2.45) is 0 Å². The van der Waals surface area contributed by atoms with Gasteiger partial charge in [0.1, 0.15) is 10.8 Å². The number of nitrogens with zero attached hydrogens (tertiary/aromatic N) is 4. The standard InChI is InChI=1S/C25H26N4O3S2/c1-5-29-23(17(4)32-20-9-15(2)8-16(3)10-20)27-28-25(29)34-13-19-12-33-24(26-19)18-6-7-21-22(11-18)31-14-30-21/h6-12,17H,5,13-14H2,1-4H3. The molecule has 4 aromatic rings. The molecular weight excluding hydrogens is 468 g/mol. The SMILES string of the molecule is CCn1c(SCc2csc(-c3ccc4c(c3)OCO4)n2)nnc1C(C)Oc1cc(C)cc(C)c1. The second-order valence-electron chi connectivity index (χ2n) is 8.17. The van der Waals surface area contributed by atoms with Crippen molar-refractivity contribution in [2.75, 3.05) is 6.79 Å². The van der Waals surface area contributed by atoms with E-state index in [2.05, 4.69) is 47.0 Å². The lowest BCUT2D eigenvalue weighted by atomic mass is 10.1. The van der Waals surface area contributed by atoms with Crippen molar-refractivity contribution < 1.29 is 14.2 Å². The molecule has 0 radical (unpaired) electrons. The first-order valence-corrected chi connectivity index (χ1v) is 13.0. The van der Waals surface area contributed by atoms with Crippen LogP contribution in [0.25, 0.3) is 10.6 Å². The van der Waals surface area contributed by atoms with Gasteiger partial charge in [-0.2, -0.15) is 0 Å². The van der Waals surface area contributed by atoms with Crippen molar-refractivity contribution in [3.63, 3.8) is 0 Å². The molecule has 0 saturated heterocycles. The van der Waals surface area contributed by atoms with Gasteiger partial charge in [0.2, 0.25) is 6.79 Å². The fourth-order valence-electron chi connectivity index (χ4n) is 3.94. The van der Waals surface area contributed by atoms with Gasteiger partial charge in [-0.05, 0) is 69.2 Å².